The third-order valence-electron chi connectivity index (χ3n) is 1.69. The fourth-order valence-electron chi connectivity index (χ4n) is 1.03. The molecule has 5 N–H and O–H groups in total. The lowest BCUT2D eigenvalue weighted by molar-refractivity contribution is 0.0223. The standard InChI is InChI=1S/C9H12IN3O3/c10-7-3-1-2-6(4-7)5-12-8(11)13-16-9(14)15/h1-4,8,12-13H,5,11H2,(H,14,15). The van der Waals surface area contributed by atoms with Crippen LogP contribution in [0.25, 0.3) is 0 Å². The molecule has 0 spiro atoms. The average molecular weight is 337 g/mol. The van der Waals surface area contributed by atoms with E-state index in [0.29, 0.717) is 6.54 Å². The maximum Gasteiger partial charge on any atom is 0.525 e. The normalized spacial score (nSPS) is 12.1. The number of nitrogens with one attached hydrogen (secondary N) is 2. The average Bonchev–Trinajstić information content (AvgIpc) is 2.23. The molecule has 0 amide bonds. The smallest absolute Gasteiger partial charge is 0.448 e. The van der Waals surface area contributed by atoms with Gasteiger partial charge < -0.3 is 15.7 Å². The molecule has 0 aliphatic heterocycles. The topological polar surface area (TPSA) is 96.6 Å². The van der Waals surface area contributed by atoms with E-state index in [1.54, 1.807) is 0 Å². The van der Waals surface area contributed by atoms with E-state index in [-0.39, 0.29) is 0 Å². The van der Waals surface area contributed by atoms with Crippen molar-refractivity contribution in [2.45, 2.75) is 12.8 Å². The van der Waals surface area contributed by atoms with Gasteiger partial charge in [-0.3, -0.25) is 5.32 Å². The van der Waals surface area contributed by atoms with Crippen molar-refractivity contribution >= 4 is 28.7 Å². The maximum absolute atomic E-state index is 10.1. The molecule has 1 unspecified atom stereocenters. The quantitative estimate of drug-likeness (QED) is 0.361. The number of benzene rings is 1. The van der Waals surface area contributed by atoms with Gasteiger partial charge >= 0.3 is 6.16 Å². The van der Waals surface area contributed by atoms with Crippen LogP contribution in [0.4, 0.5) is 4.79 Å². The van der Waals surface area contributed by atoms with Gasteiger partial charge in [0.15, 0.2) is 0 Å². The first-order valence-corrected chi connectivity index (χ1v) is 5.54. The fourth-order valence-corrected chi connectivity index (χ4v) is 1.64. The summed E-state index contributed by atoms with van der Waals surface area (Å²) in [6.45, 7) is 0.522. The Kier molecular flexibility index (Phi) is 5.46. The van der Waals surface area contributed by atoms with Crippen LogP contribution in [0.2, 0.25) is 0 Å². The Morgan fingerprint density at radius 2 is 2.38 bits per heavy atom. The molecule has 0 bridgehead atoms. The number of rotatable bonds is 5. The summed E-state index contributed by atoms with van der Waals surface area (Å²) in [5.74, 6) is 0. The third kappa shape index (κ3) is 5.26. The number of nitrogens with two attached hydrogens (primary N) is 1. The number of carbonyl (C=O) groups is 1. The van der Waals surface area contributed by atoms with E-state index in [1.807, 2.05) is 24.3 Å². The van der Waals surface area contributed by atoms with E-state index in [2.05, 4.69) is 38.2 Å². The Bertz CT molecular complexity index is 362. The second-order valence-electron chi connectivity index (χ2n) is 2.97. The van der Waals surface area contributed by atoms with E-state index in [4.69, 9.17) is 10.8 Å². The molecular formula is C9H12IN3O3. The van der Waals surface area contributed by atoms with E-state index in [9.17, 15) is 4.79 Å². The summed E-state index contributed by atoms with van der Waals surface area (Å²) in [7, 11) is 0. The zero-order valence-corrected chi connectivity index (χ0v) is 10.5. The predicted octanol–water partition coefficient (Wildman–Crippen LogP) is 0.822. The highest BCUT2D eigenvalue weighted by atomic mass is 127. The van der Waals surface area contributed by atoms with Gasteiger partial charge in [-0.1, -0.05) is 12.1 Å². The minimum absolute atomic E-state index is 0.522. The van der Waals surface area contributed by atoms with Gasteiger partial charge in [-0.05, 0) is 40.3 Å². The van der Waals surface area contributed by atoms with Gasteiger partial charge in [-0.25, -0.2) is 4.79 Å². The number of hydrogen-bond acceptors (Lipinski definition) is 5. The van der Waals surface area contributed by atoms with E-state index < -0.39 is 12.4 Å². The lowest BCUT2D eigenvalue weighted by Crippen LogP contribution is -2.49. The van der Waals surface area contributed by atoms with Gasteiger partial charge in [0.2, 0.25) is 0 Å². The molecule has 0 aromatic heterocycles. The summed E-state index contributed by atoms with van der Waals surface area (Å²) >= 11 is 2.21. The summed E-state index contributed by atoms with van der Waals surface area (Å²) in [5, 5.41) is 11.1. The van der Waals surface area contributed by atoms with Crippen molar-refractivity contribution < 1.29 is 14.7 Å². The van der Waals surface area contributed by atoms with Crippen molar-refractivity contribution in [2.24, 2.45) is 5.73 Å². The molecule has 0 aliphatic carbocycles. The van der Waals surface area contributed by atoms with Gasteiger partial charge in [0.05, 0.1) is 0 Å². The summed E-state index contributed by atoms with van der Waals surface area (Å²) in [4.78, 5) is 14.1. The summed E-state index contributed by atoms with van der Waals surface area (Å²) in [6.07, 6.45) is -2.17. The van der Waals surface area contributed by atoms with Gasteiger partial charge in [0.1, 0.15) is 6.29 Å². The minimum atomic E-state index is -1.42. The summed E-state index contributed by atoms with van der Waals surface area (Å²) in [5.41, 5.74) is 8.68. The zero-order valence-electron chi connectivity index (χ0n) is 8.31. The molecule has 7 heteroatoms. The molecule has 0 saturated heterocycles. The molecule has 88 valence electrons. The fraction of sp³-hybridized carbons (Fsp3) is 0.222. The van der Waals surface area contributed by atoms with E-state index in [0.717, 1.165) is 9.13 Å². The van der Waals surface area contributed by atoms with Crippen LogP contribution in [0.15, 0.2) is 24.3 Å². The van der Waals surface area contributed by atoms with Crippen molar-refractivity contribution in [3.63, 3.8) is 0 Å². The highest BCUT2D eigenvalue weighted by Gasteiger charge is 2.04. The van der Waals surface area contributed by atoms with Gasteiger partial charge in [0.25, 0.3) is 0 Å². The lowest BCUT2D eigenvalue weighted by atomic mass is 10.2. The van der Waals surface area contributed by atoms with Crippen LogP contribution in [-0.4, -0.2) is 17.6 Å². The Morgan fingerprint density at radius 1 is 1.62 bits per heavy atom. The van der Waals surface area contributed by atoms with E-state index in [1.165, 1.54) is 0 Å². The molecule has 0 saturated carbocycles. The summed E-state index contributed by atoms with van der Waals surface area (Å²) < 4.78 is 1.13. The van der Waals surface area contributed by atoms with Crippen LogP contribution >= 0.6 is 22.6 Å². The Morgan fingerprint density at radius 3 is 3.00 bits per heavy atom. The minimum Gasteiger partial charge on any atom is -0.448 e. The second-order valence-corrected chi connectivity index (χ2v) is 4.22. The number of carboxylic acid groups (broad SMARTS) is 1. The van der Waals surface area contributed by atoms with Crippen LogP contribution in [0.5, 0.6) is 0 Å². The monoisotopic (exact) mass is 337 g/mol. The van der Waals surface area contributed by atoms with Crippen molar-refractivity contribution in [3.8, 4) is 0 Å². The molecular weight excluding hydrogens is 325 g/mol. The Hall–Kier alpha value is -0.900. The number of halogens is 1. The molecule has 16 heavy (non-hydrogen) atoms. The van der Waals surface area contributed by atoms with E-state index >= 15 is 0 Å². The molecule has 1 aromatic rings. The van der Waals surface area contributed by atoms with Crippen LogP contribution in [0.1, 0.15) is 5.56 Å². The van der Waals surface area contributed by atoms with Crippen molar-refractivity contribution in [1.82, 2.24) is 10.8 Å². The highest BCUT2D eigenvalue weighted by molar-refractivity contribution is 14.1. The molecule has 6 nitrogen and oxygen atoms in total. The van der Waals surface area contributed by atoms with Crippen LogP contribution in [0, 0.1) is 3.57 Å². The molecule has 1 atom stereocenters. The first kappa shape index (κ1) is 13.2. The predicted molar refractivity (Wildman–Crippen MR) is 66.2 cm³/mol. The molecule has 1 aromatic carbocycles. The zero-order chi connectivity index (χ0) is 12.0. The van der Waals surface area contributed by atoms with Crippen LogP contribution in [0.3, 0.4) is 0 Å². The van der Waals surface area contributed by atoms with Crippen molar-refractivity contribution in [1.29, 1.82) is 0 Å². The Labute approximate surface area is 106 Å². The van der Waals surface area contributed by atoms with Crippen molar-refractivity contribution in [2.75, 3.05) is 0 Å². The van der Waals surface area contributed by atoms with Crippen LogP contribution < -0.4 is 16.5 Å². The van der Waals surface area contributed by atoms with Gasteiger partial charge in [0, 0.05) is 10.1 Å². The largest absolute Gasteiger partial charge is 0.525 e. The maximum atomic E-state index is 10.1. The van der Waals surface area contributed by atoms with Gasteiger partial charge in [-0.2, -0.15) is 0 Å². The molecule has 1 rings (SSSR count). The van der Waals surface area contributed by atoms with Crippen molar-refractivity contribution in [3.05, 3.63) is 33.4 Å². The Balaban J connectivity index is 2.31. The molecule has 0 aliphatic rings. The number of hydroxylamine groups is 1. The first-order chi connectivity index (χ1) is 7.58. The first-order valence-electron chi connectivity index (χ1n) is 4.46. The van der Waals surface area contributed by atoms with Crippen LogP contribution in [-0.2, 0) is 11.4 Å². The second kappa shape index (κ2) is 6.63. The number of hydrogen-bond donors (Lipinski definition) is 4. The molecule has 0 radical (unpaired) electrons. The van der Waals surface area contributed by atoms with Gasteiger partial charge in [-0.15, -0.1) is 5.48 Å². The lowest BCUT2D eigenvalue weighted by Gasteiger charge is -2.13. The molecule has 0 fully saturated rings. The molecule has 0 heterocycles. The highest BCUT2D eigenvalue weighted by Crippen LogP contribution is 2.07. The third-order valence-corrected chi connectivity index (χ3v) is 2.36. The summed E-state index contributed by atoms with van der Waals surface area (Å²) in [6, 6.07) is 7.86. The SMILES string of the molecule is NC(NCc1cccc(I)c1)NOC(=O)O.